The van der Waals surface area contributed by atoms with Crippen molar-refractivity contribution in [3.63, 3.8) is 0 Å². The fraction of sp³-hybridized carbons (Fsp3) is 0.370. The summed E-state index contributed by atoms with van der Waals surface area (Å²) < 4.78 is 34.7. The number of halogens is 2. The van der Waals surface area contributed by atoms with Crippen molar-refractivity contribution in [2.45, 2.75) is 31.4 Å². The van der Waals surface area contributed by atoms with Crippen LogP contribution in [0.25, 0.3) is 5.69 Å². The Morgan fingerprint density at radius 1 is 1.16 bits per heavy atom. The molecule has 0 aliphatic carbocycles. The van der Waals surface area contributed by atoms with Gasteiger partial charge in [-0.15, -0.1) is 11.8 Å². The third-order valence-electron chi connectivity index (χ3n) is 5.95. The lowest BCUT2D eigenvalue weighted by molar-refractivity contribution is -0.123. The molecule has 1 aromatic heterocycles. The summed E-state index contributed by atoms with van der Waals surface area (Å²) in [6, 6.07) is 12.1. The third-order valence-corrected chi connectivity index (χ3v) is 7.21. The summed E-state index contributed by atoms with van der Waals surface area (Å²) in [7, 11) is 1.54. The topological polar surface area (TPSA) is 76.5 Å². The summed E-state index contributed by atoms with van der Waals surface area (Å²) in [6.07, 6.45) is 0. The number of carbonyl (C=O) groups is 2. The van der Waals surface area contributed by atoms with Gasteiger partial charge in [-0.1, -0.05) is 32.9 Å². The van der Waals surface area contributed by atoms with Crippen LogP contribution in [-0.4, -0.2) is 54.2 Å². The zero-order chi connectivity index (χ0) is 26.7. The van der Waals surface area contributed by atoms with E-state index in [0.29, 0.717) is 35.9 Å². The Morgan fingerprint density at radius 2 is 1.89 bits per heavy atom. The first kappa shape index (κ1) is 26.8. The molecule has 2 amide bonds. The van der Waals surface area contributed by atoms with Crippen LogP contribution in [0, 0.1) is 11.6 Å². The maximum Gasteiger partial charge on any atom is 0.240 e. The number of nitrogens with zero attached hydrogens (tertiary/aromatic N) is 3. The summed E-state index contributed by atoms with van der Waals surface area (Å²) in [5.41, 5.74) is 2.20. The summed E-state index contributed by atoms with van der Waals surface area (Å²) >= 11 is 1.37. The van der Waals surface area contributed by atoms with Crippen LogP contribution in [0.15, 0.2) is 48.5 Å². The Balaban J connectivity index is 1.95. The fourth-order valence-electron chi connectivity index (χ4n) is 4.26. The highest BCUT2D eigenvalue weighted by atomic mass is 32.2. The summed E-state index contributed by atoms with van der Waals surface area (Å²) in [5.74, 6) is -0.925. The molecule has 10 heteroatoms. The van der Waals surface area contributed by atoms with Crippen LogP contribution in [0.1, 0.15) is 42.8 Å². The molecule has 1 N–H and O–H groups in total. The summed E-state index contributed by atoms with van der Waals surface area (Å²) in [5, 5.41) is 7.26. The lowest BCUT2D eigenvalue weighted by atomic mass is 9.87. The first-order valence-corrected chi connectivity index (χ1v) is 13.0. The molecular formula is C27H30F2N4O3S. The molecule has 1 atom stereocenters. The van der Waals surface area contributed by atoms with Crippen molar-refractivity contribution in [2.75, 3.05) is 37.5 Å². The number of anilines is 1. The number of methoxy groups -OCH3 is 1. The van der Waals surface area contributed by atoms with Gasteiger partial charge in [0.2, 0.25) is 11.8 Å². The largest absolute Gasteiger partial charge is 0.383 e. The molecule has 0 saturated heterocycles. The Morgan fingerprint density at radius 3 is 2.54 bits per heavy atom. The number of thioether (sulfide) groups is 1. The van der Waals surface area contributed by atoms with E-state index in [2.05, 4.69) is 5.32 Å². The van der Waals surface area contributed by atoms with E-state index in [4.69, 9.17) is 9.84 Å². The maximum absolute atomic E-state index is 14.3. The van der Waals surface area contributed by atoms with Crippen molar-refractivity contribution >= 4 is 29.4 Å². The van der Waals surface area contributed by atoms with Crippen LogP contribution >= 0.6 is 11.8 Å². The zero-order valence-corrected chi connectivity index (χ0v) is 22.1. The van der Waals surface area contributed by atoms with Gasteiger partial charge in [-0.2, -0.15) is 5.10 Å². The molecule has 0 unspecified atom stereocenters. The number of fused-ring (bicyclic) bond motifs is 1. The van der Waals surface area contributed by atoms with Crippen LogP contribution in [0.3, 0.4) is 0 Å². The van der Waals surface area contributed by atoms with Gasteiger partial charge in [0.05, 0.1) is 29.0 Å². The molecule has 196 valence electrons. The van der Waals surface area contributed by atoms with Gasteiger partial charge < -0.3 is 10.1 Å². The van der Waals surface area contributed by atoms with Crippen LogP contribution in [0.5, 0.6) is 0 Å². The number of ether oxygens (including phenoxy) is 1. The van der Waals surface area contributed by atoms with Crippen LogP contribution < -0.4 is 10.2 Å². The SMILES string of the molecule is COCCNC(=O)CN1C(=O)CS[C@@H](c2cccc(F)c2)c2c(C(C)(C)C)nn(-c3ccc(F)cc3)c21. The summed E-state index contributed by atoms with van der Waals surface area (Å²) in [4.78, 5) is 27.8. The average Bonchev–Trinajstić information content (AvgIpc) is 3.18. The van der Waals surface area contributed by atoms with Crippen molar-refractivity contribution in [3.8, 4) is 5.69 Å². The smallest absolute Gasteiger partial charge is 0.240 e. The lowest BCUT2D eigenvalue weighted by Crippen LogP contribution is -2.43. The molecule has 0 bridgehead atoms. The Hall–Kier alpha value is -3.24. The molecule has 1 aliphatic rings. The van der Waals surface area contributed by atoms with Crippen molar-refractivity contribution in [1.29, 1.82) is 0 Å². The molecule has 0 spiro atoms. The Labute approximate surface area is 219 Å². The van der Waals surface area contributed by atoms with E-state index in [1.165, 1.54) is 48.0 Å². The van der Waals surface area contributed by atoms with Gasteiger partial charge in [0, 0.05) is 24.6 Å². The number of benzene rings is 2. The highest BCUT2D eigenvalue weighted by molar-refractivity contribution is 8.00. The fourth-order valence-corrected chi connectivity index (χ4v) is 5.45. The van der Waals surface area contributed by atoms with E-state index in [9.17, 15) is 18.4 Å². The van der Waals surface area contributed by atoms with Gasteiger partial charge in [0.25, 0.3) is 0 Å². The van der Waals surface area contributed by atoms with Crippen molar-refractivity contribution in [3.05, 3.63) is 77.0 Å². The van der Waals surface area contributed by atoms with E-state index in [1.54, 1.807) is 22.9 Å². The quantitative estimate of drug-likeness (QED) is 0.461. The second-order valence-corrected chi connectivity index (χ2v) is 10.9. The standard InChI is InChI=1S/C27H30F2N4O3S/c1-27(2,3)25-23-24(17-6-5-7-19(29)14-17)37-16-22(35)32(15-21(34)30-12-13-36-4)26(23)33(31-25)20-10-8-18(28)9-11-20/h5-11,14,24H,12-13,15-16H2,1-4H3,(H,30,34)/t24-/m0/s1. The molecule has 0 fully saturated rings. The monoisotopic (exact) mass is 528 g/mol. The van der Waals surface area contributed by atoms with E-state index < -0.39 is 16.5 Å². The second-order valence-electron chi connectivity index (χ2n) is 9.79. The molecule has 7 nitrogen and oxygen atoms in total. The minimum Gasteiger partial charge on any atom is -0.383 e. The first-order chi connectivity index (χ1) is 17.6. The zero-order valence-electron chi connectivity index (χ0n) is 21.3. The van der Waals surface area contributed by atoms with Gasteiger partial charge in [-0.25, -0.2) is 13.5 Å². The number of nitrogens with one attached hydrogen (secondary N) is 1. The minimum absolute atomic E-state index is 0.0776. The number of hydrogen-bond acceptors (Lipinski definition) is 5. The van der Waals surface area contributed by atoms with E-state index in [1.807, 2.05) is 26.8 Å². The highest BCUT2D eigenvalue weighted by Crippen LogP contribution is 2.48. The molecule has 1 aliphatic heterocycles. The van der Waals surface area contributed by atoms with E-state index >= 15 is 0 Å². The second kappa shape index (κ2) is 11.0. The highest BCUT2D eigenvalue weighted by Gasteiger charge is 2.40. The van der Waals surface area contributed by atoms with Gasteiger partial charge in [-0.3, -0.25) is 14.5 Å². The van der Waals surface area contributed by atoms with Crippen LogP contribution in [-0.2, 0) is 19.7 Å². The van der Waals surface area contributed by atoms with Crippen LogP contribution in [0.4, 0.5) is 14.6 Å². The maximum atomic E-state index is 14.3. The number of carbonyl (C=O) groups excluding carboxylic acids is 2. The molecule has 0 radical (unpaired) electrons. The molecular weight excluding hydrogens is 498 g/mol. The molecule has 0 saturated carbocycles. The number of amides is 2. The number of hydrogen-bond donors (Lipinski definition) is 1. The van der Waals surface area contributed by atoms with Crippen LogP contribution in [0.2, 0.25) is 0 Å². The lowest BCUT2D eigenvalue weighted by Gasteiger charge is -2.24. The molecule has 2 aromatic carbocycles. The first-order valence-electron chi connectivity index (χ1n) is 11.9. The minimum atomic E-state index is -0.457. The van der Waals surface area contributed by atoms with Crippen molar-refractivity contribution < 1.29 is 23.1 Å². The molecule has 2 heterocycles. The molecule has 3 aromatic rings. The third kappa shape index (κ3) is 5.86. The van der Waals surface area contributed by atoms with E-state index in [-0.39, 0.29) is 29.9 Å². The molecule has 4 rings (SSSR count). The molecule has 37 heavy (non-hydrogen) atoms. The predicted octanol–water partition coefficient (Wildman–Crippen LogP) is 4.38. The van der Waals surface area contributed by atoms with Gasteiger partial charge in [0.1, 0.15) is 24.0 Å². The van der Waals surface area contributed by atoms with Gasteiger partial charge in [0.15, 0.2) is 0 Å². The number of aromatic nitrogens is 2. The van der Waals surface area contributed by atoms with E-state index in [0.717, 1.165) is 5.56 Å². The van der Waals surface area contributed by atoms with Gasteiger partial charge in [-0.05, 0) is 42.0 Å². The normalized spacial score (nSPS) is 15.9. The van der Waals surface area contributed by atoms with Crippen molar-refractivity contribution in [1.82, 2.24) is 15.1 Å². The average molecular weight is 529 g/mol. The number of rotatable bonds is 7. The Kier molecular flexibility index (Phi) is 7.99. The summed E-state index contributed by atoms with van der Waals surface area (Å²) in [6.45, 7) is 6.42. The van der Waals surface area contributed by atoms with Gasteiger partial charge >= 0.3 is 0 Å². The Bertz CT molecular complexity index is 1290. The van der Waals surface area contributed by atoms with Crippen molar-refractivity contribution in [2.24, 2.45) is 0 Å². The predicted molar refractivity (Wildman–Crippen MR) is 140 cm³/mol.